The van der Waals surface area contributed by atoms with Crippen LogP contribution in [0.4, 0.5) is 5.95 Å². The molecule has 0 fully saturated rings. The van der Waals surface area contributed by atoms with E-state index in [0.717, 1.165) is 0 Å². The van der Waals surface area contributed by atoms with Crippen LogP contribution in [0.15, 0.2) is 9.59 Å². The lowest BCUT2D eigenvalue weighted by molar-refractivity contribution is 0.292. The van der Waals surface area contributed by atoms with Gasteiger partial charge in [-0.15, -0.1) is 0 Å². The Hall–Kier alpha value is -2.09. The number of rotatable bonds is 6. The lowest BCUT2D eigenvalue weighted by atomic mass is 10.4. The molecule has 0 aromatic carbocycles. The maximum atomic E-state index is 12.4. The molecule has 2 heterocycles. The molecule has 8 heteroatoms. The van der Waals surface area contributed by atoms with Gasteiger partial charge in [0.05, 0.1) is 0 Å². The average molecular weight is 295 g/mol. The van der Waals surface area contributed by atoms with E-state index < -0.39 is 0 Å². The molecule has 2 rings (SSSR count). The van der Waals surface area contributed by atoms with Crippen molar-refractivity contribution in [3.8, 4) is 0 Å². The minimum absolute atomic E-state index is 0.0826. The number of hydrogen-bond acceptors (Lipinski definition) is 5. The van der Waals surface area contributed by atoms with E-state index in [1.165, 1.54) is 9.13 Å². The van der Waals surface area contributed by atoms with Gasteiger partial charge in [-0.25, -0.2) is 4.79 Å². The summed E-state index contributed by atoms with van der Waals surface area (Å²) in [5.74, 6) is 0.519. The lowest BCUT2D eigenvalue weighted by Crippen LogP contribution is -2.39. The van der Waals surface area contributed by atoms with E-state index in [4.69, 9.17) is 5.11 Å². The number of anilines is 1. The van der Waals surface area contributed by atoms with E-state index in [0.29, 0.717) is 43.2 Å². The zero-order valence-corrected chi connectivity index (χ0v) is 12.6. The van der Waals surface area contributed by atoms with Crippen LogP contribution in [-0.4, -0.2) is 36.9 Å². The summed E-state index contributed by atoms with van der Waals surface area (Å²) in [6.45, 7) is 5.02. The number of imidazole rings is 1. The molecule has 0 saturated carbocycles. The van der Waals surface area contributed by atoms with Crippen molar-refractivity contribution in [1.29, 1.82) is 0 Å². The van der Waals surface area contributed by atoms with Gasteiger partial charge in [-0.05, 0) is 20.3 Å². The Kier molecular flexibility index (Phi) is 4.46. The molecule has 2 N–H and O–H groups in total. The van der Waals surface area contributed by atoms with Gasteiger partial charge in [0.1, 0.15) is 0 Å². The largest absolute Gasteiger partial charge is 0.396 e. The first-order chi connectivity index (χ1) is 10.1. The molecule has 0 spiro atoms. The van der Waals surface area contributed by atoms with Gasteiger partial charge in [-0.2, -0.15) is 4.98 Å². The molecule has 21 heavy (non-hydrogen) atoms. The van der Waals surface area contributed by atoms with Crippen LogP contribution in [0.5, 0.6) is 0 Å². The van der Waals surface area contributed by atoms with Gasteiger partial charge in [-0.1, -0.05) is 0 Å². The van der Waals surface area contributed by atoms with Crippen LogP contribution in [0, 0.1) is 0 Å². The van der Waals surface area contributed by atoms with E-state index in [-0.39, 0.29) is 17.9 Å². The van der Waals surface area contributed by atoms with Crippen molar-refractivity contribution >= 4 is 17.1 Å². The summed E-state index contributed by atoms with van der Waals surface area (Å²) in [5.41, 5.74) is 0.140. The third-order valence-corrected chi connectivity index (χ3v) is 3.49. The first kappa shape index (κ1) is 15.3. The molecule has 0 amide bonds. The highest BCUT2D eigenvalue weighted by atomic mass is 16.3. The van der Waals surface area contributed by atoms with Crippen LogP contribution < -0.4 is 16.6 Å². The Morgan fingerprint density at radius 3 is 2.43 bits per heavy atom. The molecule has 0 atom stereocenters. The third-order valence-electron chi connectivity index (χ3n) is 3.49. The molecule has 116 valence electrons. The molecule has 0 aliphatic rings. The van der Waals surface area contributed by atoms with Crippen molar-refractivity contribution in [1.82, 2.24) is 18.7 Å². The van der Waals surface area contributed by atoms with Crippen molar-refractivity contribution in [2.24, 2.45) is 7.05 Å². The summed E-state index contributed by atoms with van der Waals surface area (Å²) in [4.78, 5) is 29.1. The number of aromatic nitrogens is 4. The quantitative estimate of drug-likeness (QED) is 0.716. The highest BCUT2D eigenvalue weighted by molar-refractivity contribution is 5.74. The van der Waals surface area contributed by atoms with Gasteiger partial charge in [0.25, 0.3) is 5.56 Å². The lowest BCUT2D eigenvalue weighted by Gasteiger charge is -2.08. The topological polar surface area (TPSA) is 94.1 Å². The first-order valence-electron chi connectivity index (χ1n) is 7.11. The van der Waals surface area contributed by atoms with Crippen LogP contribution in [-0.2, 0) is 20.1 Å². The number of aryl methyl sites for hydroxylation is 2. The summed E-state index contributed by atoms with van der Waals surface area (Å²) < 4.78 is 4.37. The van der Waals surface area contributed by atoms with Crippen LogP contribution in [0.3, 0.4) is 0 Å². The van der Waals surface area contributed by atoms with E-state index >= 15 is 0 Å². The van der Waals surface area contributed by atoms with Gasteiger partial charge in [0.15, 0.2) is 11.2 Å². The fraction of sp³-hybridized carbons (Fsp3) is 0.615. The Morgan fingerprint density at radius 1 is 1.19 bits per heavy atom. The molecule has 0 aliphatic carbocycles. The van der Waals surface area contributed by atoms with Crippen molar-refractivity contribution in [2.75, 3.05) is 18.5 Å². The Bertz CT molecular complexity index is 756. The number of nitrogens with one attached hydrogen (secondary N) is 1. The van der Waals surface area contributed by atoms with E-state index in [2.05, 4.69) is 10.3 Å². The average Bonchev–Trinajstić information content (AvgIpc) is 2.78. The maximum Gasteiger partial charge on any atom is 0.332 e. The predicted octanol–water partition coefficient (Wildman–Crippen LogP) is -0.269. The number of aliphatic hydroxyl groups excluding tert-OH is 1. The molecule has 8 nitrogen and oxygen atoms in total. The van der Waals surface area contributed by atoms with Crippen LogP contribution in [0.2, 0.25) is 0 Å². The van der Waals surface area contributed by atoms with Crippen molar-refractivity contribution < 1.29 is 5.11 Å². The smallest absolute Gasteiger partial charge is 0.332 e. The molecular formula is C13H21N5O3. The number of fused-ring (bicyclic) bond motifs is 1. The Balaban J connectivity index is 2.69. The fourth-order valence-corrected chi connectivity index (χ4v) is 2.36. The predicted molar refractivity (Wildman–Crippen MR) is 80.8 cm³/mol. The number of hydrogen-bond donors (Lipinski definition) is 2. The summed E-state index contributed by atoms with van der Waals surface area (Å²) >= 11 is 0. The Labute approximate surface area is 121 Å². The van der Waals surface area contributed by atoms with Gasteiger partial charge in [0.2, 0.25) is 5.95 Å². The van der Waals surface area contributed by atoms with Crippen LogP contribution in [0.25, 0.3) is 11.2 Å². The standard InChI is InChI=1S/C13H21N5O3/c1-4-17-10-9(11(20)18(5-2)13(17)21)16(3)12(15-10)14-7-6-8-19/h19H,4-8H2,1-3H3,(H,14,15). The molecule has 0 aliphatic heterocycles. The molecule has 0 radical (unpaired) electrons. The summed E-state index contributed by atoms with van der Waals surface area (Å²) in [6, 6.07) is 0. The molecule has 2 aromatic rings. The van der Waals surface area contributed by atoms with Crippen LogP contribution >= 0.6 is 0 Å². The van der Waals surface area contributed by atoms with E-state index in [9.17, 15) is 9.59 Å². The highest BCUT2D eigenvalue weighted by Gasteiger charge is 2.18. The van der Waals surface area contributed by atoms with E-state index in [1.54, 1.807) is 18.5 Å². The molecule has 0 unspecified atom stereocenters. The van der Waals surface area contributed by atoms with Gasteiger partial charge < -0.3 is 15.0 Å². The minimum atomic E-state index is -0.336. The van der Waals surface area contributed by atoms with Crippen LogP contribution in [0.1, 0.15) is 20.3 Å². The van der Waals surface area contributed by atoms with Gasteiger partial charge >= 0.3 is 5.69 Å². The maximum absolute atomic E-state index is 12.4. The van der Waals surface area contributed by atoms with Crippen molar-refractivity contribution in [2.45, 2.75) is 33.4 Å². The number of aliphatic hydroxyl groups is 1. The SMILES string of the molecule is CCn1c(=O)c2c(nc(NCCCO)n2C)n(CC)c1=O. The monoisotopic (exact) mass is 295 g/mol. The highest BCUT2D eigenvalue weighted by Crippen LogP contribution is 2.13. The van der Waals surface area contributed by atoms with E-state index in [1.807, 2.05) is 6.92 Å². The second-order valence-electron chi connectivity index (χ2n) is 4.75. The van der Waals surface area contributed by atoms with Gasteiger partial charge in [-0.3, -0.25) is 13.9 Å². The van der Waals surface area contributed by atoms with Crippen molar-refractivity contribution in [3.05, 3.63) is 20.8 Å². The van der Waals surface area contributed by atoms with Crippen molar-refractivity contribution in [3.63, 3.8) is 0 Å². The first-order valence-corrected chi connectivity index (χ1v) is 7.11. The number of nitrogens with zero attached hydrogens (tertiary/aromatic N) is 4. The second kappa shape index (κ2) is 6.13. The summed E-state index contributed by atoms with van der Waals surface area (Å²) in [5, 5.41) is 11.9. The zero-order valence-electron chi connectivity index (χ0n) is 12.6. The molecular weight excluding hydrogens is 274 g/mol. The van der Waals surface area contributed by atoms with Gasteiger partial charge in [0, 0.05) is 33.3 Å². The second-order valence-corrected chi connectivity index (χ2v) is 4.75. The molecule has 2 aromatic heterocycles. The Morgan fingerprint density at radius 2 is 1.86 bits per heavy atom. The third kappa shape index (κ3) is 2.46. The molecule has 0 saturated heterocycles. The zero-order chi connectivity index (χ0) is 15.6. The summed E-state index contributed by atoms with van der Waals surface area (Å²) in [7, 11) is 1.74. The summed E-state index contributed by atoms with van der Waals surface area (Å²) in [6.07, 6.45) is 0.586. The molecule has 0 bridgehead atoms. The normalized spacial score (nSPS) is 11.2. The minimum Gasteiger partial charge on any atom is -0.396 e. The fourth-order valence-electron chi connectivity index (χ4n) is 2.36.